The van der Waals surface area contributed by atoms with Gasteiger partial charge in [0.1, 0.15) is 0 Å². The second-order valence-electron chi connectivity index (χ2n) is 8.91. The summed E-state index contributed by atoms with van der Waals surface area (Å²) in [6, 6.07) is 26.1. The van der Waals surface area contributed by atoms with E-state index in [1.165, 1.54) is 5.56 Å². The van der Waals surface area contributed by atoms with Crippen molar-refractivity contribution in [3.63, 3.8) is 0 Å². The summed E-state index contributed by atoms with van der Waals surface area (Å²) >= 11 is 2.24. The molecule has 0 aliphatic carbocycles. The molecule has 1 fully saturated rings. The van der Waals surface area contributed by atoms with Crippen LogP contribution < -0.4 is 10.6 Å². The van der Waals surface area contributed by atoms with Gasteiger partial charge in [0, 0.05) is 21.7 Å². The maximum absolute atomic E-state index is 12.6. The van der Waals surface area contributed by atoms with Gasteiger partial charge in [-0.05, 0) is 109 Å². The standard InChI is InChI=1S/C28H29IN4O/c1-33-14-12-23(13-15-33)27(19-31-28(34)32-26-7-3-6-25(29)17-26)22-10-8-21(9-11-22)24-5-2-4-20(16-24)18-30/h2-11,16-17,23,27H,12-15,19H2,1H3,(H2,31,32,34). The molecule has 0 saturated carbocycles. The van der Waals surface area contributed by atoms with Crippen LogP contribution >= 0.6 is 22.6 Å². The number of nitriles is 1. The fourth-order valence-electron chi connectivity index (χ4n) is 4.62. The highest BCUT2D eigenvalue weighted by atomic mass is 127. The second kappa shape index (κ2) is 11.5. The minimum Gasteiger partial charge on any atom is -0.337 e. The Kier molecular flexibility index (Phi) is 8.20. The number of hydrogen-bond donors (Lipinski definition) is 2. The quantitative estimate of drug-likeness (QED) is 0.357. The van der Waals surface area contributed by atoms with Crippen molar-refractivity contribution in [2.45, 2.75) is 18.8 Å². The summed E-state index contributed by atoms with van der Waals surface area (Å²) in [6.45, 7) is 2.75. The lowest BCUT2D eigenvalue weighted by atomic mass is 9.79. The van der Waals surface area contributed by atoms with Crippen LogP contribution in [0.5, 0.6) is 0 Å². The predicted molar refractivity (Wildman–Crippen MR) is 146 cm³/mol. The predicted octanol–water partition coefficient (Wildman–Crippen LogP) is 6.08. The fraction of sp³-hybridized carbons (Fsp3) is 0.286. The molecule has 34 heavy (non-hydrogen) atoms. The summed E-state index contributed by atoms with van der Waals surface area (Å²) in [6.07, 6.45) is 2.24. The fourth-order valence-corrected chi connectivity index (χ4v) is 5.17. The normalized spacial score (nSPS) is 15.3. The van der Waals surface area contributed by atoms with Crippen LogP contribution in [0.1, 0.15) is 29.9 Å². The average molecular weight is 564 g/mol. The summed E-state index contributed by atoms with van der Waals surface area (Å²) < 4.78 is 1.08. The van der Waals surface area contributed by atoms with Gasteiger partial charge >= 0.3 is 6.03 Å². The molecule has 0 bridgehead atoms. The highest BCUT2D eigenvalue weighted by Crippen LogP contribution is 2.33. The Hall–Kier alpha value is -2.89. The van der Waals surface area contributed by atoms with E-state index in [1.54, 1.807) is 0 Å². The molecule has 5 nitrogen and oxygen atoms in total. The number of hydrogen-bond acceptors (Lipinski definition) is 3. The summed E-state index contributed by atoms with van der Waals surface area (Å²) in [5.74, 6) is 0.761. The van der Waals surface area contributed by atoms with Gasteiger partial charge in [-0.25, -0.2) is 4.79 Å². The Balaban J connectivity index is 1.49. The molecule has 2 amide bonds. The van der Waals surface area contributed by atoms with E-state index in [0.717, 1.165) is 46.3 Å². The third-order valence-corrected chi connectivity index (χ3v) is 7.23. The van der Waals surface area contributed by atoms with Gasteiger partial charge in [0.15, 0.2) is 0 Å². The number of piperidine rings is 1. The maximum atomic E-state index is 12.6. The van der Waals surface area contributed by atoms with Crippen LogP contribution in [0.3, 0.4) is 0 Å². The van der Waals surface area contributed by atoms with Crippen LogP contribution in [0, 0.1) is 20.8 Å². The summed E-state index contributed by atoms with van der Waals surface area (Å²) in [5.41, 5.74) is 4.83. The van der Waals surface area contributed by atoms with E-state index in [4.69, 9.17) is 0 Å². The first kappa shape index (κ1) is 24.2. The zero-order chi connectivity index (χ0) is 23.9. The average Bonchev–Trinajstić information content (AvgIpc) is 2.85. The van der Waals surface area contributed by atoms with Gasteiger partial charge in [-0.15, -0.1) is 0 Å². The zero-order valence-corrected chi connectivity index (χ0v) is 21.5. The lowest BCUT2D eigenvalue weighted by molar-refractivity contribution is 0.195. The molecule has 0 spiro atoms. The van der Waals surface area contributed by atoms with Crippen LogP contribution in [0.4, 0.5) is 10.5 Å². The Morgan fingerprint density at radius 1 is 1.06 bits per heavy atom. The van der Waals surface area contributed by atoms with Gasteiger partial charge in [-0.2, -0.15) is 5.26 Å². The minimum absolute atomic E-state index is 0.176. The third kappa shape index (κ3) is 6.37. The van der Waals surface area contributed by atoms with E-state index in [-0.39, 0.29) is 11.9 Å². The number of urea groups is 1. The highest BCUT2D eigenvalue weighted by molar-refractivity contribution is 14.1. The minimum atomic E-state index is -0.176. The number of carbonyl (C=O) groups excluding carboxylic acids is 1. The molecular weight excluding hydrogens is 535 g/mol. The molecular formula is C28H29IN4O. The van der Waals surface area contributed by atoms with Crippen molar-refractivity contribution in [1.82, 2.24) is 10.2 Å². The molecule has 1 atom stereocenters. The molecule has 1 heterocycles. The van der Waals surface area contributed by atoms with Crippen molar-refractivity contribution in [3.05, 3.63) is 87.5 Å². The smallest absolute Gasteiger partial charge is 0.319 e. The van der Waals surface area contributed by atoms with Crippen LogP contribution in [-0.4, -0.2) is 37.6 Å². The largest absolute Gasteiger partial charge is 0.337 e. The number of likely N-dealkylation sites (tertiary alicyclic amines) is 1. The van der Waals surface area contributed by atoms with Crippen LogP contribution in [0.15, 0.2) is 72.8 Å². The van der Waals surface area contributed by atoms with Crippen LogP contribution in [0.2, 0.25) is 0 Å². The summed E-state index contributed by atoms with van der Waals surface area (Å²) in [4.78, 5) is 15.0. The number of nitrogens with zero attached hydrogens (tertiary/aromatic N) is 2. The van der Waals surface area contributed by atoms with Crippen molar-refractivity contribution in [2.75, 3.05) is 32.0 Å². The van der Waals surface area contributed by atoms with E-state index in [2.05, 4.69) is 75.5 Å². The van der Waals surface area contributed by atoms with Crippen molar-refractivity contribution in [2.24, 2.45) is 5.92 Å². The van der Waals surface area contributed by atoms with E-state index < -0.39 is 0 Å². The van der Waals surface area contributed by atoms with Crippen LogP contribution in [-0.2, 0) is 0 Å². The van der Waals surface area contributed by atoms with E-state index in [9.17, 15) is 10.1 Å². The molecule has 3 aromatic carbocycles. The van der Waals surface area contributed by atoms with Crippen molar-refractivity contribution >= 4 is 34.3 Å². The van der Waals surface area contributed by atoms with Gasteiger partial charge in [-0.3, -0.25) is 0 Å². The van der Waals surface area contributed by atoms with Gasteiger partial charge in [0.25, 0.3) is 0 Å². The molecule has 0 radical (unpaired) electrons. The Bertz CT molecular complexity index is 1160. The zero-order valence-electron chi connectivity index (χ0n) is 19.3. The first-order valence-corrected chi connectivity index (χ1v) is 12.7. The number of carbonyl (C=O) groups is 1. The summed E-state index contributed by atoms with van der Waals surface area (Å²) in [5, 5.41) is 15.3. The number of nitrogens with one attached hydrogen (secondary N) is 2. The molecule has 4 rings (SSSR count). The summed E-state index contributed by atoms with van der Waals surface area (Å²) in [7, 11) is 2.17. The molecule has 174 valence electrons. The Morgan fingerprint density at radius 2 is 1.79 bits per heavy atom. The number of halogens is 1. The topological polar surface area (TPSA) is 68.2 Å². The van der Waals surface area contributed by atoms with E-state index >= 15 is 0 Å². The first-order valence-electron chi connectivity index (χ1n) is 11.6. The van der Waals surface area contributed by atoms with Crippen molar-refractivity contribution in [1.29, 1.82) is 5.26 Å². The third-order valence-electron chi connectivity index (χ3n) is 6.56. The highest BCUT2D eigenvalue weighted by Gasteiger charge is 2.27. The molecule has 3 aromatic rings. The van der Waals surface area contributed by atoms with Gasteiger partial charge in [0.05, 0.1) is 11.6 Å². The van der Waals surface area contributed by atoms with E-state index in [0.29, 0.717) is 18.0 Å². The number of anilines is 1. The molecule has 1 unspecified atom stereocenters. The molecule has 1 saturated heterocycles. The van der Waals surface area contributed by atoms with Gasteiger partial charge in [-0.1, -0.05) is 42.5 Å². The molecule has 1 aliphatic rings. The lowest BCUT2D eigenvalue weighted by Gasteiger charge is -2.35. The van der Waals surface area contributed by atoms with Crippen LogP contribution in [0.25, 0.3) is 11.1 Å². The first-order chi connectivity index (χ1) is 16.5. The van der Waals surface area contributed by atoms with Gasteiger partial charge < -0.3 is 15.5 Å². The Morgan fingerprint density at radius 3 is 2.50 bits per heavy atom. The van der Waals surface area contributed by atoms with Gasteiger partial charge in [0.2, 0.25) is 0 Å². The Labute approximate surface area is 215 Å². The SMILES string of the molecule is CN1CCC(C(CNC(=O)Nc2cccc(I)c2)c2ccc(-c3cccc(C#N)c3)cc2)CC1. The number of amides is 2. The second-order valence-corrected chi connectivity index (χ2v) is 10.2. The maximum Gasteiger partial charge on any atom is 0.319 e. The van der Waals surface area contributed by atoms with Crippen molar-refractivity contribution < 1.29 is 4.79 Å². The molecule has 1 aliphatic heterocycles. The number of benzene rings is 3. The molecule has 2 N–H and O–H groups in total. The molecule has 6 heteroatoms. The number of rotatable bonds is 6. The molecule has 0 aromatic heterocycles. The lowest BCUT2D eigenvalue weighted by Crippen LogP contribution is -2.38. The van der Waals surface area contributed by atoms with Crippen molar-refractivity contribution in [3.8, 4) is 17.2 Å². The van der Waals surface area contributed by atoms with E-state index in [1.807, 2.05) is 48.5 Å². The monoisotopic (exact) mass is 564 g/mol.